The lowest BCUT2D eigenvalue weighted by Gasteiger charge is -2.19. The lowest BCUT2D eigenvalue weighted by Crippen LogP contribution is -2.23. The Bertz CT molecular complexity index is 418. The third-order valence-electron chi connectivity index (χ3n) is 4.38. The second-order valence-corrected chi connectivity index (χ2v) is 5.99. The molecule has 110 valence electrons. The van der Waals surface area contributed by atoms with Crippen molar-refractivity contribution in [3.05, 3.63) is 35.9 Å². The molecule has 20 heavy (non-hydrogen) atoms. The highest BCUT2D eigenvalue weighted by atomic mass is 16.4. The van der Waals surface area contributed by atoms with Gasteiger partial charge < -0.3 is 10.0 Å². The molecular formula is C17H25NO2. The van der Waals surface area contributed by atoms with Crippen molar-refractivity contribution in [3.8, 4) is 0 Å². The average Bonchev–Trinajstić information content (AvgIpc) is 2.91. The molecule has 2 rings (SSSR count). The van der Waals surface area contributed by atoms with E-state index in [1.165, 1.54) is 12.0 Å². The molecule has 0 radical (unpaired) electrons. The number of rotatable bonds is 7. The number of carboxylic acids is 1. The Hall–Kier alpha value is -1.35. The van der Waals surface area contributed by atoms with Crippen LogP contribution in [0.3, 0.4) is 0 Å². The first-order valence-electron chi connectivity index (χ1n) is 7.64. The Morgan fingerprint density at radius 3 is 2.85 bits per heavy atom. The van der Waals surface area contributed by atoms with Crippen LogP contribution in [0.5, 0.6) is 0 Å². The highest BCUT2D eigenvalue weighted by Gasteiger charge is 2.23. The van der Waals surface area contributed by atoms with Crippen molar-refractivity contribution in [1.82, 2.24) is 4.90 Å². The van der Waals surface area contributed by atoms with Crippen LogP contribution in [0.1, 0.15) is 44.1 Å². The molecule has 0 spiro atoms. The largest absolute Gasteiger partial charge is 0.481 e. The van der Waals surface area contributed by atoms with Gasteiger partial charge in [-0.25, -0.2) is 0 Å². The van der Waals surface area contributed by atoms with Crippen molar-refractivity contribution < 1.29 is 9.90 Å². The molecule has 0 saturated carbocycles. The van der Waals surface area contributed by atoms with Gasteiger partial charge in [-0.15, -0.1) is 0 Å². The highest BCUT2D eigenvalue weighted by molar-refractivity contribution is 5.66. The van der Waals surface area contributed by atoms with Gasteiger partial charge in [-0.2, -0.15) is 0 Å². The third kappa shape index (κ3) is 4.64. The van der Waals surface area contributed by atoms with E-state index in [1.807, 2.05) is 0 Å². The maximum Gasteiger partial charge on any atom is 0.303 e. The fourth-order valence-electron chi connectivity index (χ4n) is 3.00. The number of carbonyl (C=O) groups is 1. The average molecular weight is 275 g/mol. The van der Waals surface area contributed by atoms with Crippen molar-refractivity contribution in [3.63, 3.8) is 0 Å². The first-order chi connectivity index (χ1) is 9.65. The van der Waals surface area contributed by atoms with Crippen LogP contribution in [-0.4, -0.2) is 35.6 Å². The van der Waals surface area contributed by atoms with E-state index in [4.69, 9.17) is 5.11 Å². The van der Waals surface area contributed by atoms with E-state index in [9.17, 15) is 4.79 Å². The number of hydrogen-bond donors (Lipinski definition) is 1. The van der Waals surface area contributed by atoms with Gasteiger partial charge in [0.1, 0.15) is 0 Å². The summed E-state index contributed by atoms with van der Waals surface area (Å²) >= 11 is 0. The quantitative estimate of drug-likeness (QED) is 0.829. The second-order valence-electron chi connectivity index (χ2n) is 5.99. The van der Waals surface area contributed by atoms with E-state index in [0.29, 0.717) is 18.3 Å². The summed E-state index contributed by atoms with van der Waals surface area (Å²) < 4.78 is 0. The molecule has 1 aliphatic heterocycles. The Balaban J connectivity index is 1.69. The number of hydrogen-bond acceptors (Lipinski definition) is 2. The lowest BCUT2D eigenvalue weighted by molar-refractivity contribution is -0.137. The number of aliphatic carboxylic acids is 1. The van der Waals surface area contributed by atoms with Crippen molar-refractivity contribution in [1.29, 1.82) is 0 Å². The molecule has 0 aromatic heterocycles. The summed E-state index contributed by atoms with van der Waals surface area (Å²) in [5.74, 6) is 0.508. The van der Waals surface area contributed by atoms with Gasteiger partial charge >= 0.3 is 5.97 Å². The summed E-state index contributed by atoms with van der Waals surface area (Å²) in [6.45, 7) is 5.62. The minimum absolute atomic E-state index is 0.318. The smallest absolute Gasteiger partial charge is 0.303 e. The van der Waals surface area contributed by atoms with Crippen LogP contribution in [0.2, 0.25) is 0 Å². The SMILES string of the molecule is CC(CCN1CCC(CCC(=O)O)C1)c1ccccc1. The molecular weight excluding hydrogens is 250 g/mol. The molecule has 3 heteroatoms. The van der Waals surface area contributed by atoms with Gasteiger partial charge in [0.25, 0.3) is 0 Å². The van der Waals surface area contributed by atoms with Crippen LogP contribution in [0.25, 0.3) is 0 Å². The zero-order valence-corrected chi connectivity index (χ0v) is 12.3. The molecule has 3 nitrogen and oxygen atoms in total. The van der Waals surface area contributed by atoms with E-state index in [1.54, 1.807) is 0 Å². The lowest BCUT2D eigenvalue weighted by atomic mass is 9.98. The zero-order chi connectivity index (χ0) is 14.4. The molecule has 0 aliphatic carbocycles. The zero-order valence-electron chi connectivity index (χ0n) is 12.3. The maximum absolute atomic E-state index is 10.6. The fraction of sp³-hybridized carbons (Fsp3) is 0.588. The molecule has 1 aromatic rings. The summed E-state index contributed by atoms with van der Waals surface area (Å²) in [6.07, 6.45) is 3.49. The van der Waals surface area contributed by atoms with Crippen LogP contribution in [0, 0.1) is 5.92 Å². The van der Waals surface area contributed by atoms with Gasteiger partial charge in [0, 0.05) is 13.0 Å². The van der Waals surface area contributed by atoms with Crippen LogP contribution >= 0.6 is 0 Å². The molecule has 0 amide bonds. The minimum Gasteiger partial charge on any atom is -0.481 e. The first kappa shape index (κ1) is 15.0. The summed E-state index contributed by atoms with van der Waals surface area (Å²) in [5.41, 5.74) is 1.41. The van der Waals surface area contributed by atoms with Crippen molar-refractivity contribution >= 4 is 5.97 Å². The van der Waals surface area contributed by atoms with Crippen molar-refractivity contribution in [2.24, 2.45) is 5.92 Å². The summed E-state index contributed by atoms with van der Waals surface area (Å²) in [7, 11) is 0. The normalized spacial score (nSPS) is 20.9. The maximum atomic E-state index is 10.6. The van der Waals surface area contributed by atoms with Crippen molar-refractivity contribution in [2.75, 3.05) is 19.6 Å². The van der Waals surface area contributed by atoms with Crippen LogP contribution in [0.15, 0.2) is 30.3 Å². The molecule has 1 aliphatic rings. The predicted molar refractivity (Wildman–Crippen MR) is 80.9 cm³/mol. The Morgan fingerprint density at radius 2 is 2.15 bits per heavy atom. The Labute approximate surface area is 121 Å². The van der Waals surface area contributed by atoms with Gasteiger partial charge in [-0.1, -0.05) is 37.3 Å². The van der Waals surface area contributed by atoms with Crippen LogP contribution in [-0.2, 0) is 4.79 Å². The van der Waals surface area contributed by atoms with E-state index in [0.717, 1.165) is 32.5 Å². The second kappa shape index (κ2) is 7.44. The van der Waals surface area contributed by atoms with Gasteiger partial charge in [0.05, 0.1) is 0 Å². The third-order valence-corrected chi connectivity index (χ3v) is 4.38. The molecule has 1 N–H and O–H groups in total. The molecule has 1 heterocycles. The van der Waals surface area contributed by atoms with E-state index in [-0.39, 0.29) is 0 Å². The molecule has 2 atom stereocenters. The monoisotopic (exact) mass is 275 g/mol. The standard InChI is InChI=1S/C17H25NO2/c1-14(16-5-3-2-4-6-16)9-11-18-12-10-15(13-18)7-8-17(19)20/h2-6,14-15H,7-13H2,1H3,(H,19,20). The van der Waals surface area contributed by atoms with Gasteiger partial charge in [0.2, 0.25) is 0 Å². The number of likely N-dealkylation sites (tertiary alicyclic amines) is 1. The first-order valence-corrected chi connectivity index (χ1v) is 7.64. The van der Waals surface area contributed by atoms with Crippen LogP contribution in [0.4, 0.5) is 0 Å². The summed E-state index contributed by atoms with van der Waals surface area (Å²) in [5, 5.41) is 8.73. The topological polar surface area (TPSA) is 40.5 Å². The van der Waals surface area contributed by atoms with Gasteiger partial charge in [0.15, 0.2) is 0 Å². The van der Waals surface area contributed by atoms with E-state index >= 15 is 0 Å². The molecule has 0 bridgehead atoms. The number of nitrogens with zero attached hydrogens (tertiary/aromatic N) is 1. The summed E-state index contributed by atoms with van der Waals surface area (Å²) in [4.78, 5) is 13.1. The Morgan fingerprint density at radius 1 is 1.40 bits per heavy atom. The van der Waals surface area contributed by atoms with Crippen molar-refractivity contribution in [2.45, 2.75) is 38.5 Å². The predicted octanol–water partition coefficient (Wildman–Crippen LogP) is 3.37. The van der Waals surface area contributed by atoms with E-state index < -0.39 is 5.97 Å². The molecule has 1 saturated heterocycles. The molecule has 2 unspecified atom stereocenters. The fourth-order valence-corrected chi connectivity index (χ4v) is 3.00. The number of carboxylic acid groups (broad SMARTS) is 1. The molecule has 1 aromatic carbocycles. The molecule has 1 fully saturated rings. The van der Waals surface area contributed by atoms with Gasteiger partial charge in [-0.3, -0.25) is 4.79 Å². The Kier molecular flexibility index (Phi) is 5.60. The highest BCUT2D eigenvalue weighted by Crippen LogP contribution is 2.24. The van der Waals surface area contributed by atoms with Crippen LogP contribution < -0.4 is 0 Å². The van der Waals surface area contributed by atoms with E-state index in [2.05, 4.69) is 42.2 Å². The number of benzene rings is 1. The van der Waals surface area contributed by atoms with Gasteiger partial charge in [-0.05, 0) is 49.8 Å². The minimum atomic E-state index is -0.666. The summed E-state index contributed by atoms with van der Waals surface area (Å²) in [6, 6.07) is 10.7.